The van der Waals surface area contributed by atoms with Crippen LogP contribution in [-0.4, -0.2) is 37.9 Å². The number of ether oxygens (including phenoxy) is 1. The molecule has 1 aliphatic rings. The second-order valence-corrected chi connectivity index (χ2v) is 5.31. The smallest absolute Gasteiger partial charge is 0.0671 e. The zero-order valence-corrected chi connectivity index (χ0v) is 11.8. The van der Waals surface area contributed by atoms with E-state index < -0.39 is 0 Å². The second kappa shape index (κ2) is 8.90. The van der Waals surface area contributed by atoms with E-state index in [1.54, 1.807) is 0 Å². The molecule has 0 aromatic heterocycles. The monoisotopic (exact) mass is 242 g/mol. The van der Waals surface area contributed by atoms with Crippen LogP contribution in [0.5, 0.6) is 0 Å². The summed E-state index contributed by atoms with van der Waals surface area (Å²) in [6, 6.07) is 1.29. The maximum atomic E-state index is 5.52. The Morgan fingerprint density at radius 3 is 2.88 bits per heavy atom. The van der Waals surface area contributed by atoms with E-state index in [4.69, 9.17) is 4.74 Å². The number of hydrogen-bond donors (Lipinski definition) is 2. The van der Waals surface area contributed by atoms with Crippen molar-refractivity contribution in [2.24, 2.45) is 0 Å². The molecule has 1 rings (SSSR count). The molecule has 0 aromatic rings. The van der Waals surface area contributed by atoms with Crippen LogP contribution >= 0.6 is 0 Å². The quantitative estimate of drug-likeness (QED) is 0.719. The molecule has 0 radical (unpaired) electrons. The van der Waals surface area contributed by atoms with Crippen LogP contribution in [0.2, 0.25) is 0 Å². The highest BCUT2D eigenvalue weighted by Gasteiger charge is 2.15. The molecule has 0 amide bonds. The van der Waals surface area contributed by atoms with Gasteiger partial charge in [-0.3, -0.25) is 0 Å². The highest BCUT2D eigenvalue weighted by molar-refractivity contribution is 4.76. The van der Waals surface area contributed by atoms with Gasteiger partial charge in [0.15, 0.2) is 0 Å². The summed E-state index contributed by atoms with van der Waals surface area (Å²) in [4.78, 5) is 0. The molecular formula is C14H30N2O. The lowest BCUT2D eigenvalue weighted by Crippen LogP contribution is -2.39. The molecule has 0 spiro atoms. The van der Waals surface area contributed by atoms with E-state index in [0.29, 0.717) is 18.2 Å². The van der Waals surface area contributed by atoms with Crippen LogP contribution in [0.25, 0.3) is 0 Å². The summed E-state index contributed by atoms with van der Waals surface area (Å²) >= 11 is 0. The zero-order valence-electron chi connectivity index (χ0n) is 11.8. The van der Waals surface area contributed by atoms with Crippen LogP contribution in [-0.2, 0) is 4.74 Å². The van der Waals surface area contributed by atoms with Crippen LogP contribution in [0.3, 0.4) is 0 Å². The van der Waals surface area contributed by atoms with Crippen molar-refractivity contribution in [3.8, 4) is 0 Å². The van der Waals surface area contributed by atoms with Crippen LogP contribution in [0, 0.1) is 0 Å². The minimum atomic E-state index is 0.324. The van der Waals surface area contributed by atoms with E-state index in [1.807, 2.05) is 0 Å². The number of hydrogen-bond acceptors (Lipinski definition) is 3. The summed E-state index contributed by atoms with van der Waals surface area (Å²) in [5, 5.41) is 7.22. The van der Waals surface area contributed by atoms with E-state index in [9.17, 15) is 0 Å². The van der Waals surface area contributed by atoms with Gasteiger partial charge in [-0.15, -0.1) is 0 Å². The molecule has 3 unspecified atom stereocenters. The van der Waals surface area contributed by atoms with Crippen molar-refractivity contribution >= 4 is 0 Å². The average Bonchev–Trinajstić information content (AvgIpc) is 2.55. The van der Waals surface area contributed by atoms with Gasteiger partial charge in [-0.2, -0.15) is 0 Å². The van der Waals surface area contributed by atoms with Gasteiger partial charge >= 0.3 is 0 Å². The molecule has 3 atom stereocenters. The first kappa shape index (κ1) is 14.9. The summed E-state index contributed by atoms with van der Waals surface area (Å²) in [6.07, 6.45) is 7.03. The predicted octanol–water partition coefficient (Wildman–Crippen LogP) is 2.31. The Morgan fingerprint density at radius 1 is 1.29 bits per heavy atom. The Balaban J connectivity index is 2.12. The lowest BCUT2D eigenvalue weighted by Gasteiger charge is -2.23. The standard InChI is InChI=1S/C14H30N2O/c1-4-17-13(3)11-16-12(2)10-14-8-6-5-7-9-15-14/h12-16H,4-11H2,1-3H3. The first-order chi connectivity index (χ1) is 8.22. The molecular weight excluding hydrogens is 212 g/mol. The van der Waals surface area contributed by atoms with E-state index >= 15 is 0 Å². The Bertz CT molecular complexity index is 179. The van der Waals surface area contributed by atoms with Crippen LogP contribution in [0.15, 0.2) is 0 Å². The molecule has 0 bridgehead atoms. The average molecular weight is 242 g/mol. The summed E-state index contributed by atoms with van der Waals surface area (Å²) in [5.74, 6) is 0. The highest BCUT2D eigenvalue weighted by Crippen LogP contribution is 2.12. The van der Waals surface area contributed by atoms with Crippen LogP contribution in [0.1, 0.15) is 52.9 Å². The third-order valence-electron chi connectivity index (χ3n) is 3.51. The van der Waals surface area contributed by atoms with Crippen molar-refractivity contribution in [3.63, 3.8) is 0 Å². The van der Waals surface area contributed by atoms with Gasteiger partial charge in [0.2, 0.25) is 0 Å². The van der Waals surface area contributed by atoms with Crippen LogP contribution in [0.4, 0.5) is 0 Å². The zero-order chi connectivity index (χ0) is 12.5. The fraction of sp³-hybridized carbons (Fsp3) is 1.00. The number of rotatable bonds is 7. The molecule has 17 heavy (non-hydrogen) atoms. The van der Waals surface area contributed by atoms with Crippen molar-refractivity contribution in [2.75, 3.05) is 19.7 Å². The van der Waals surface area contributed by atoms with Gasteiger partial charge in [0.25, 0.3) is 0 Å². The SMILES string of the molecule is CCOC(C)CNC(C)CC1CCCCCN1. The van der Waals surface area contributed by atoms with Crippen molar-refractivity contribution in [3.05, 3.63) is 0 Å². The molecule has 3 heteroatoms. The van der Waals surface area contributed by atoms with Gasteiger partial charge in [-0.1, -0.05) is 12.8 Å². The minimum absolute atomic E-state index is 0.324. The van der Waals surface area contributed by atoms with Crippen molar-refractivity contribution in [2.45, 2.75) is 71.1 Å². The first-order valence-corrected chi connectivity index (χ1v) is 7.30. The summed E-state index contributed by atoms with van der Waals surface area (Å²) in [6.45, 7) is 9.43. The van der Waals surface area contributed by atoms with E-state index in [1.165, 1.54) is 38.6 Å². The Labute approximate surface area is 107 Å². The van der Waals surface area contributed by atoms with Gasteiger partial charge in [-0.25, -0.2) is 0 Å². The fourth-order valence-electron chi connectivity index (χ4n) is 2.52. The summed E-state index contributed by atoms with van der Waals surface area (Å²) < 4.78 is 5.52. The molecule has 1 fully saturated rings. The fourth-order valence-corrected chi connectivity index (χ4v) is 2.52. The molecule has 0 aliphatic carbocycles. The van der Waals surface area contributed by atoms with E-state index in [-0.39, 0.29) is 0 Å². The van der Waals surface area contributed by atoms with Crippen LogP contribution < -0.4 is 10.6 Å². The molecule has 1 aliphatic heterocycles. The van der Waals surface area contributed by atoms with Gasteiger partial charge in [0, 0.05) is 25.2 Å². The highest BCUT2D eigenvalue weighted by atomic mass is 16.5. The Morgan fingerprint density at radius 2 is 2.12 bits per heavy atom. The molecule has 102 valence electrons. The maximum Gasteiger partial charge on any atom is 0.0671 e. The van der Waals surface area contributed by atoms with E-state index in [2.05, 4.69) is 31.4 Å². The molecule has 2 N–H and O–H groups in total. The lowest BCUT2D eigenvalue weighted by molar-refractivity contribution is 0.0738. The predicted molar refractivity (Wildman–Crippen MR) is 73.4 cm³/mol. The largest absolute Gasteiger partial charge is 0.377 e. The third kappa shape index (κ3) is 7.02. The van der Waals surface area contributed by atoms with Gasteiger partial charge in [-0.05, 0) is 46.6 Å². The molecule has 1 heterocycles. The molecule has 0 saturated carbocycles. The Hall–Kier alpha value is -0.120. The molecule has 0 aromatic carbocycles. The van der Waals surface area contributed by atoms with Crippen molar-refractivity contribution in [1.29, 1.82) is 0 Å². The van der Waals surface area contributed by atoms with Gasteiger partial charge in [0.1, 0.15) is 0 Å². The molecule has 1 saturated heterocycles. The Kier molecular flexibility index (Phi) is 7.82. The third-order valence-corrected chi connectivity index (χ3v) is 3.51. The van der Waals surface area contributed by atoms with Crippen molar-refractivity contribution < 1.29 is 4.74 Å². The van der Waals surface area contributed by atoms with E-state index in [0.717, 1.165) is 13.2 Å². The number of nitrogens with one attached hydrogen (secondary N) is 2. The molecule has 3 nitrogen and oxygen atoms in total. The summed E-state index contributed by atoms with van der Waals surface area (Å²) in [7, 11) is 0. The second-order valence-electron chi connectivity index (χ2n) is 5.31. The minimum Gasteiger partial charge on any atom is -0.377 e. The normalized spacial score (nSPS) is 25.2. The lowest BCUT2D eigenvalue weighted by atomic mass is 10.0. The first-order valence-electron chi connectivity index (χ1n) is 7.30. The summed E-state index contributed by atoms with van der Waals surface area (Å²) in [5.41, 5.74) is 0. The van der Waals surface area contributed by atoms with Crippen molar-refractivity contribution in [1.82, 2.24) is 10.6 Å². The van der Waals surface area contributed by atoms with Gasteiger partial charge in [0.05, 0.1) is 6.10 Å². The maximum absolute atomic E-state index is 5.52. The topological polar surface area (TPSA) is 33.3 Å². The van der Waals surface area contributed by atoms with Gasteiger partial charge < -0.3 is 15.4 Å².